The zero-order chi connectivity index (χ0) is 16.0. The van der Waals surface area contributed by atoms with Gasteiger partial charge in [-0.3, -0.25) is 4.79 Å². The number of hydrogen-bond acceptors (Lipinski definition) is 4. The van der Waals surface area contributed by atoms with Crippen LogP contribution < -0.4 is 0 Å². The third kappa shape index (κ3) is 9.15. The average Bonchev–Trinajstić information content (AvgIpc) is 2.99. The van der Waals surface area contributed by atoms with Crippen LogP contribution in [0, 0.1) is 0 Å². The van der Waals surface area contributed by atoms with Crippen LogP contribution in [0.15, 0.2) is 23.9 Å². The highest BCUT2D eigenvalue weighted by molar-refractivity contribution is 5.83. The summed E-state index contributed by atoms with van der Waals surface area (Å²) in [6.45, 7) is 3.36. The smallest absolute Gasteiger partial charge is 0.303 e. The SMILES string of the molecule is CCCCCCC(Cn1ccnc1)=NOCCCCC(=O)O. The summed E-state index contributed by atoms with van der Waals surface area (Å²) in [6.07, 6.45) is 12.7. The van der Waals surface area contributed by atoms with Gasteiger partial charge in [-0.05, 0) is 25.7 Å². The monoisotopic (exact) mass is 309 g/mol. The van der Waals surface area contributed by atoms with Crippen LogP contribution in [0.5, 0.6) is 0 Å². The molecule has 0 aromatic carbocycles. The lowest BCUT2D eigenvalue weighted by molar-refractivity contribution is -0.137. The Kier molecular flexibility index (Phi) is 9.74. The summed E-state index contributed by atoms with van der Waals surface area (Å²) in [6, 6.07) is 0. The van der Waals surface area contributed by atoms with Gasteiger partial charge in [0.1, 0.15) is 6.61 Å². The predicted molar refractivity (Wildman–Crippen MR) is 85.9 cm³/mol. The van der Waals surface area contributed by atoms with Crippen molar-refractivity contribution in [2.45, 2.75) is 64.8 Å². The summed E-state index contributed by atoms with van der Waals surface area (Å²) in [7, 11) is 0. The molecule has 0 aliphatic carbocycles. The number of carboxylic acids is 1. The molecule has 0 spiro atoms. The maximum atomic E-state index is 10.4. The fourth-order valence-corrected chi connectivity index (χ4v) is 2.08. The van der Waals surface area contributed by atoms with Crippen molar-refractivity contribution < 1.29 is 14.7 Å². The summed E-state index contributed by atoms with van der Waals surface area (Å²) >= 11 is 0. The zero-order valence-corrected chi connectivity index (χ0v) is 13.4. The van der Waals surface area contributed by atoms with Gasteiger partial charge in [-0.15, -0.1) is 0 Å². The first-order valence-corrected chi connectivity index (χ1v) is 8.07. The molecule has 6 heteroatoms. The molecule has 0 bridgehead atoms. The predicted octanol–water partition coefficient (Wildman–Crippen LogP) is 3.48. The first kappa shape index (κ1) is 18.2. The highest BCUT2D eigenvalue weighted by Gasteiger charge is 2.03. The molecule has 124 valence electrons. The molecule has 1 aromatic rings. The number of oxime groups is 1. The number of unbranched alkanes of at least 4 members (excludes halogenated alkanes) is 4. The highest BCUT2D eigenvalue weighted by Crippen LogP contribution is 2.06. The topological polar surface area (TPSA) is 76.7 Å². The molecule has 0 amide bonds. The molecule has 0 aliphatic rings. The largest absolute Gasteiger partial charge is 0.481 e. The van der Waals surface area contributed by atoms with Crippen molar-refractivity contribution in [1.29, 1.82) is 0 Å². The number of aliphatic carboxylic acids is 1. The lowest BCUT2D eigenvalue weighted by Gasteiger charge is -2.08. The maximum absolute atomic E-state index is 10.4. The van der Waals surface area contributed by atoms with Crippen molar-refractivity contribution in [2.24, 2.45) is 5.16 Å². The number of carboxylic acid groups (broad SMARTS) is 1. The van der Waals surface area contributed by atoms with Gasteiger partial charge in [-0.1, -0.05) is 31.3 Å². The number of nitrogens with zero attached hydrogens (tertiary/aromatic N) is 3. The van der Waals surface area contributed by atoms with E-state index in [0.717, 1.165) is 18.6 Å². The third-order valence-corrected chi connectivity index (χ3v) is 3.31. The molecular weight excluding hydrogens is 282 g/mol. The van der Waals surface area contributed by atoms with Crippen LogP contribution in [-0.4, -0.2) is 32.9 Å². The zero-order valence-electron chi connectivity index (χ0n) is 13.4. The molecule has 1 heterocycles. The minimum atomic E-state index is -0.764. The van der Waals surface area contributed by atoms with Crippen molar-refractivity contribution in [3.63, 3.8) is 0 Å². The van der Waals surface area contributed by atoms with Crippen molar-refractivity contribution >= 4 is 11.7 Å². The molecule has 0 radical (unpaired) electrons. The molecule has 0 aliphatic heterocycles. The van der Waals surface area contributed by atoms with E-state index < -0.39 is 5.97 Å². The number of hydrogen-bond donors (Lipinski definition) is 1. The van der Waals surface area contributed by atoms with Crippen LogP contribution in [0.3, 0.4) is 0 Å². The average molecular weight is 309 g/mol. The number of carbonyl (C=O) groups is 1. The Morgan fingerprint density at radius 2 is 2.05 bits per heavy atom. The lowest BCUT2D eigenvalue weighted by Crippen LogP contribution is -2.10. The van der Waals surface area contributed by atoms with Crippen LogP contribution in [0.4, 0.5) is 0 Å². The van der Waals surface area contributed by atoms with Crippen molar-refractivity contribution in [3.8, 4) is 0 Å². The van der Waals surface area contributed by atoms with E-state index in [-0.39, 0.29) is 6.42 Å². The Bertz CT molecular complexity index is 430. The van der Waals surface area contributed by atoms with Gasteiger partial charge < -0.3 is 14.5 Å². The second-order valence-electron chi connectivity index (χ2n) is 5.39. The van der Waals surface area contributed by atoms with E-state index in [1.165, 1.54) is 19.3 Å². The van der Waals surface area contributed by atoms with Crippen LogP contribution in [0.25, 0.3) is 0 Å². The van der Waals surface area contributed by atoms with Crippen molar-refractivity contribution in [2.75, 3.05) is 6.61 Å². The highest BCUT2D eigenvalue weighted by atomic mass is 16.6. The van der Waals surface area contributed by atoms with E-state index in [4.69, 9.17) is 9.94 Å². The van der Waals surface area contributed by atoms with E-state index in [0.29, 0.717) is 26.0 Å². The Balaban J connectivity index is 2.31. The van der Waals surface area contributed by atoms with Crippen LogP contribution >= 0.6 is 0 Å². The maximum Gasteiger partial charge on any atom is 0.303 e. The molecule has 6 nitrogen and oxygen atoms in total. The van der Waals surface area contributed by atoms with Crippen molar-refractivity contribution in [3.05, 3.63) is 18.7 Å². The van der Waals surface area contributed by atoms with E-state index >= 15 is 0 Å². The van der Waals surface area contributed by atoms with E-state index in [1.807, 2.05) is 10.8 Å². The minimum Gasteiger partial charge on any atom is -0.481 e. The summed E-state index contributed by atoms with van der Waals surface area (Å²) in [5.74, 6) is -0.764. The number of aromatic nitrogens is 2. The molecule has 0 unspecified atom stereocenters. The van der Waals surface area contributed by atoms with Gasteiger partial charge in [-0.2, -0.15) is 0 Å². The Hall–Kier alpha value is -1.85. The van der Waals surface area contributed by atoms with Crippen molar-refractivity contribution in [1.82, 2.24) is 9.55 Å². The van der Waals surface area contributed by atoms with Crippen LogP contribution in [0.2, 0.25) is 0 Å². The van der Waals surface area contributed by atoms with Gasteiger partial charge in [0, 0.05) is 18.8 Å². The molecule has 0 atom stereocenters. The Labute approximate surface area is 132 Å². The van der Waals surface area contributed by atoms with Crippen LogP contribution in [0.1, 0.15) is 58.3 Å². The minimum absolute atomic E-state index is 0.186. The number of rotatable bonds is 13. The summed E-state index contributed by atoms with van der Waals surface area (Å²) in [5.41, 5.74) is 1.01. The molecule has 0 fully saturated rings. The fraction of sp³-hybridized carbons (Fsp3) is 0.688. The fourth-order valence-electron chi connectivity index (χ4n) is 2.08. The first-order chi connectivity index (χ1) is 10.7. The molecular formula is C16H27N3O3. The molecule has 1 rings (SSSR count). The summed E-state index contributed by atoms with van der Waals surface area (Å²) in [5, 5.41) is 12.8. The summed E-state index contributed by atoms with van der Waals surface area (Å²) < 4.78 is 1.98. The van der Waals surface area contributed by atoms with Gasteiger partial charge in [0.05, 0.1) is 18.6 Å². The second-order valence-corrected chi connectivity index (χ2v) is 5.39. The Morgan fingerprint density at radius 3 is 2.73 bits per heavy atom. The number of imidazole rings is 1. The molecule has 1 aromatic heterocycles. The van der Waals surface area contributed by atoms with Gasteiger partial charge in [0.2, 0.25) is 0 Å². The van der Waals surface area contributed by atoms with Gasteiger partial charge >= 0.3 is 5.97 Å². The standard InChI is InChI=1S/C16H27N3O3/c1-2-3-4-5-8-15(13-19-11-10-17-14-19)18-22-12-7-6-9-16(20)21/h10-11,14H,2-9,12-13H2,1H3,(H,20,21). The second kappa shape index (κ2) is 11.8. The quantitative estimate of drug-likeness (QED) is 0.344. The Morgan fingerprint density at radius 1 is 1.23 bits per heavy atom. The van der Waals surface area contributed by atoms with Gasteiger partial charge in [0.25, 0.3) is 0 Å². The normalized spacial score (nSPS) is 11.6. The molecule has 0 saturated carbocycles. The third-order valence-electron chi connectivity index (χ3n) is 3.31. The van der Waals surface area contributed by atoms with E-state index in [2.05, 4.69) is 17.1 Å². The lowest BCUT2D eigenvalue weighted by atomic mass is 10.1. The van der Waals surface area contributed by atoms with E-state index in [9.17, 15) is 4.79 Å². The van der Waals surface area contributed by atoms with E-state index in [1.54, 1.807) is 12.5 Å². The van der Waals surface area contributed by atoms with Crippen LogP contribution in [-0.2, 0) is 16.2 Å². The molecule has 22 heavy (non-hydrogen) atoms. The van der Waals surface area contributed by atoms with Gasteiger partial charge in [-0.25, -0.2) is 4.98 Å². The molecule has 1 N–H and O–H groups in total. The molecule has 0 saturated heterocycles. The summed E-state index contributed by atoms with van der Waals surface area (Å²) in [4.78, 5) is 19.8. The first-order valence-electron chi connectivity index (χ1n) is 8.07. The van der Waals surface area contributed by atoms with Gasteiger partial charge in [0.15, 0.2) is 0 Å².